The molecule has 0 spiro atoms. The Morgan fingerprint density at radius 2 is 2.05 bits per heavy atom. The number of aryl methyl sites for hydroxylation is 1. The molecular weight excluding hydrogens is 286 g/mol. The molecule has 1 amide bonds. The molecule has 5 heteroatoms. The van der Waals surface area contributed by atoms with Crippen LogP contribution in [0, 0.1) is 5.92 Å². The van der Waals surface area contributed by atoms with Crippen molar-refractivity contribution in [1.29, 1.82) is 0 Å². The molecule has 114 valence electrons. The molecule has 0 radical (unpaired) electrons. The number of carbonyl (C=O) groups excluding carboxylic acids is 1. The van der Waals surface area contributed by atoms with E-state index in [4.69, 9.17) is 0 Å². The molecule has 1 heterocycles. The quantitative estimate of drug-likeness (QED) is 0.923. The number of nitrogens with one attached hydrogen (secondary N) is 1. The molecule has 2 atom stereocenters. The van der Waals surface area contributed by atoms with Gasteiger partial charge in [0.2, 0.25) is 5.91 Å². The van der Waals surface area contributed by atoms with Gasteiger partial charge in [-0.1, -0.05) is 24.3 Å². The highest BCUT2D eigenvalue weighted by Crippen LogP contribution is 2.31. The van der Waals surface area contributed by atoms with Gasteiger partial charge in [0.25, 0.3) is 0 Å². The summed E-state index contributed by atoms with van der Waals surface area (Å²) in [4.78, 5) is 12.1. The van der Waals surface area contributed by atoms with Gasteiger partial charge in [0.05, 0.1) is 17.4 Å². The Hall–Kier alpha value is -1.36. The van der Waals surface area contributed by atoms with E-state index in [1.54, 1.807) is 0 Å². The van der Waals surface area contributed by atoms with E-state index in [-0.39, 0.29) is 23.3 Å². The molecule has 2 aliphatic rings. The summed E-state index contributed by atoms with van der Waals surface area (Å²) in [6.45, 7) is 0.617. The predicted molar refractivity (Wildman–Crippen MR) is 81.9 cm³/mol. The average molecular weight is 307 g/mol. The highest BCUT2D eigenvalue weighted by atomic mass is 32.2. The third-order valence-electron chi connectivity index (χ3n) is 4.62. The number of carbonyl (C=O) groups is 1. The summed E-state index contributed by atoms with van der Waals surface area (Å²) in [5.41, 5.74) is 2.72. The van der Waals surface area contributed by atoms with Crippen LogP contribution in [0.1, 0.15) is 36.3 Å². The van der Waals surface area contributed by atoms with Crippen LogP contribution >= 0.6 is 0 Å². The zero-order valence-electron chi connectivity index (χ0n) is 12.0. The van der Waals surface area contributed by atoms with Crippen LogP contribution in [0.15, 0.2) is 24.3 Å². The van der Waals surface area contributed by atoms with E-state index in [0.29, 0.717) is 18.9 Å². The van der Waals surface area contributed by atoms with Gasteiger partial charge in [0.15, 0.2) is 9.84 Å². The van der Waals surface area contributed by atoms with Gasteiger partial charge in [0.1, 0.15) is 0 Å². The Balaban J connectivity index is 1.60. The van der Waals surface area contributed by atoms with E-state index in [9.17, 15) is 13.2 Å². The van der Waals surface area contributed by atoms with Crippen molar-refractivity contribution in [3.05, 3.63) is 35.4 Å². The van der Waals surface area contributed by atoms with Crippen LogP contribution in [0.5, 0.6) is 0 Å². The van der Waals surface area contributed by atoms with E-state index in [0.717, 1.165) is 19.3 Å². The summed E-state index contributed by atoms with van der Waals surface area (Å²) in [6.07, 6.45) is 3.81. The van der Waals surface area contributed by atoms with Gasteiger partial charge in [-0.25, -0.2) is 8.42 Å². The second kappa shape index (κ2) is 5.79. The molecule has 1 aromatic carbocycles. The van der Waals surface area contributed by atoms with Crippen molar-refractivity contribution in [2.75, 3.05) is 18.1 Å². The zero-order chi connectivity index (χ0) is 14.9. The minimum Gasteiger partial charge on any atom is -0.355 e. The monoisotopic (exact) mass is 307 g/mol. The lowest BCUT2D eigenvalue weighted by atomic mass is 9.83. The maximum absolute atomic E-state index is 12.1. The summed E-state index contributed by atoms with van der Waals surface area (Å²) in [6, 6.07) is 8.41. The van der Waals surface area contributed by atoms with Gasteiger partial charge >= 0.3 is 0 Å². The lowest BCUT2D eigenvalue weighted by molar-refractivity contribution is -0.124. The third kappa shape index (κ3) is 3.28. The van der Waals surface area contributed by atoms with Gasteiger partial charge in [-0.15, -0.1) is 0 Å². The highest BCUT2D eigenvalue weighted by molar-refractivity contribution is 7.91. The van der Waals surface area contributed by atoms with Crippen molar-refractivity contribution in [3.63, 3.8) is 0 Å². The molecular formula is C16H21NO3S. The Kier molecular flexibility index (Phi) is 4.02. The number of hydrogen-bond acceptors (Lipinski definition) is 3. The fourth-order valence-electron chi connectivity index (χ4n) is 3.44. The predicted octanol–water partition coefficient (Wildman–Crippen LogP) is 1.66. The zero-order valence-corrected chi connectivity index (χ0v) is 12.9. The summed E-state index contributed by atoms with van der Waals surface area (Å²) in [7, 11) is -2.99. The van der Waals surface area contributed by atoms with Crippen LogP contribution in [0.4, 0.5) is 0 Å². The molecule has 0 bridgehead atoms. The Morgan fingerprint density at radius 3 is 2.81 bits per heavy atom. The number of rotatable bonds is 3. The Morgan fingerprint density at radius 1 is 1.24 bits per heavy atom. The van der Waals surface area contributed by atoms with Gasteiger partial charge in [-0.05, 0) is 36.8 Å². The third-order valence-corrected chi connectivity index (χ3v) is 6.39. The first-order chi connectivity index (χ1) is 10.1. The van der Waals surface area contributed by atoms with Crippen molar-refractivity contribution < 1.29 is 13.2 Å². The van der Waals surface area contributed by atoms with E-state index < -0.39 is 9.84 Å². The van der Waals surface area contributed by atoms with Gasteiger partial charge in [0, 0.05) is 12.5 Å². The molecule has 3 rings (SSSR count). The maximum atomic E-state index is 12.1. The molecule has 1 fully saturated rings. The summed E-state index contributed by atoms with van der Waals surface area (Å²) >= 11 is 0. The van der Waals surface area contributed by atoms with Crippen LogP contribution in [0.2, 0.25) is 0 Å². The molecule has 0 saturated carbocycles. The molecule has 1 aliphatic carbocycles. The molecule has 21 heavy (non-hydrogen) atoms. The van der Waals surface area contributed by atoms with Crippen LogP contribution in [-0.2, 0) is 21.1 Å². The molecule has 0 aromatic heterocycles. The smallest absolute Gasteiger partial charge is 0.224 e. The first-order valence-corrected chi connectivity index (χ1v) is 9.43. The summed E-state index contributed by atoms with van der Waals surface area (Å²) in [5.74, 6) is 0.0714. The minimum atomic E-state index is -2.99. The minimum absolute atomic E-state index is 0.0140. The number of amides is 1. The Bertz CT molecular complexity index is 639. The van der Waals surface area contributed by atoms with Gasteiger partial charge in [-0.2, -0.15) is 0 Å². The molecule has 1 N–H and O–H groups in total. The highest BCUT2D eigenvalue weighted by Gasteiger charge is 2.33. The standard InChI is InChI=1S/C16H21NO3S/c18-16(14-8-9-21(19,20)11-14)17-10-13-6-3-5-12-4-1-2-7-15(12)13/h1-2,4,7,13-14H,3,5-6,8-11H2,(H,17,18). The van der Waals surface area contributed by atoms with Crippen molar-refractivity contribution in [3.8, 4) is 0 Å². The second-order valence-electron chi connectivity index (χ2n) is 6.13. The van der Waals surface area contributed by atoms with Gasteiger partial charge in [-0.3, -0.25) is 4.79 Å². The van der Waals surface area contributed by atoms with E-state index >= 15 is 0 Å². The summed E-state index contributed by atoms with van der Waals surface area (Å²) < 4.78 is 22.9. The number of hydrogen-bond donors (Lipinski definition) is 1. The van der Waals surface area contributed by atoms with Crippen molar-refractivity contribution >= 4 is 15.7 Å². The summed E-state index contributed by atoms with van der Waals surface area (Å²) in [5, 5.41) is 2.97. The van der Waals surface area contributed by atoms with E-state index in [1.165, 1.54) is 11.1 Å². The van der Waals surface area contributed by atoms with Crippen molar-refractivity contribution in [2.45, 2.75) is 31.6 Å². The van der Waals surface area contributed by atoms with Crippen molar-refractivity contribution in [2.24, 2.45) is 5.92 Å². The molecule has 4 nitrogen and oxygen atoms in total. The number of fused-ring (bicyclic) bond motifs is 1. The first kappa shape index (κ1) is 14.6. The normalized spacial score (nSPS) is 27.0. The SMILES string of the molecule is O=C(NCC1CCCc2ccccc21)C1CCS(=O)(=O)C1. The maximum Gasteiger partial charge on any atom is 0.224 e. The van der Waals surface area contributed by atoms with E-state index in [1.807, 2.05) is 6.07 Å². The largest absolute Gasteiger partial charge is 0.355 e. The van der Waals surface area contributed by atoms with E-state index in [2.05, 4.69) is 23.5 Å². The molecule has 1 aromatic rings. The van der Waals surface area contributed by atoms with Crippen molar-refractivity contribution in [1.82, 2.24) is 5.32 Å². The van der Waals surface area contributed by atoms with Gasteiger partial charge < -0.3 is 5.32 Å². The van der Waals surface area contributed by atoms with Crippen LogP contribution < -0.4 is 5.32 Å². The fourth-order valence-corrected chi connectivity index (χ4v) is 5.18. The molecule has 2 unspecified atom stereocenters. The lowest BCUT2D eigenvalue weighted by Crippen LogP contribution is -2.35. The second-order valence-corrected chi connectivity index (χ2v) is 8.36. The first-order valence-electron chi connectivity index (χ1n) is 7.61. The fraction of sp³-hybridized carbons (Fsp3) is 0.562. The average Bonchev–Trinajstić information content (AvgIpc) is 2.85. The molecule has 1 aliphatic heterocycles. The van der Waals surface area contributed by atoms with Crippen LogP contribution in [-0.4, -0.2) is 32.4 Å². The lowest BCUT2D eigenvalue weighted by Gasteiger charge is -2.26. The number of benzene rings is 1. The topological polar surface area (TPSA) is 63.2 Å². The Labute approximate surface area is 125 Å². The number of sulfone groups is 1. The van der Waals surface area contributed by atoms with Crippen LogP contribution in [0.3, 0.4) is 0 Å². The van der Waals surface area contributed by atoms with Crippen LogP contribution in [0.25, 0.3) is 0 Å². The molecule has 1 saturated heterocycles.